The third kappa shape index (κ3) is 4.49. The normalized spacial score (nSPS) is 12.4. The van der Waals surface area contributed by atoms with E-state index in [1.54, 1.807) is 0 Å². The van der Waals surface area contributed by atoms with Crippen LogP contribution in [0.3, 0.4) is 0 Å². The minimum absolute atomic E-state index is 0.545. The van der Waals surface area contributed by atoms with Gasteiger partial charge in [-0.15, -0.1) is 0 Å². The molecule has 1 unspecified atom stereocenters. The SMILES string of the molecule is Cc1cccc(CCC(Br)Cc2cc(C)ccc2C)c1. The van der Waals surface area contributed by atoms with Gasteiger partial charge < -0.3 is 0 Å². The van der Waals surface area contributed by atoms with Crippen molar-refractivity contribution in [3.05, 3.63) is 70.3 Å². The number of aryl methyl sites for hydroxylation is 4. The number of benzene rings is 2. The number of rotatable bonds is 5. The molecule has 0 aliphatic heterocycles. The fourth-order valence-corrected chi connectivity index (χ4v) is 3.13. The minimum Gasteiger partial charge on any atom is -0.0887 e. The van der Waals surface area contributed by atoms with E-state index in [-0.39, 0.29) is 0 Å². The molecule has 0 fully saturated rings. The average molecular weight is 331 g/mol. The van der Waals surface area contributed by atoms with Crippen molar-refractivity contribution in [2.75, 3.05) is 0 Å². The molecule has 1 heteroatoms. The summed E-state index contributed by atoms with van der Waals surface area (Å²) in [5.74, 6) is 0. The third-order valence-electron chi connectivity index (χ3n) is 3.77. The Balaban J connectivity index is 1.92. The molecule has 0 saturated carbocycles. The molecule has 0 aromatic heterocycles. The smallest absolute Gasteiger partial charge is 0.0189 e. The molecule has 0 heterocycles. The minimum atomic E-state index is 0.545. The Labute approximate surface area is 131 Å². The van der Waals surface area contributed by atoms with E-state index in [1.807, 2.05) is 0 Å². The molecule has 2 aromatic rings. The summed E-state index contributed by atoms with van der Waals surface area (Å²) in [5.41, 5.74) is 7.01. The fraction of sp³-hybridized carbons (Fsp3) is 0.368. The van der Waals surface area contributed by atoms with E-state index in [4.69, 9.17) is 0 Å². The second-order valence-corrected chi connectivity index (χ2v) is 7.05. The summed E-state index contributed by atoms with van der Waals surface area (Å²) in [6.07, 6.45) is 3.43. The molecular formula is C19H23Br. The van der Waals surface area contributed by atoms with Crippen LogP contribution in [-0.4, -0.2) is 4.83 Å². The third-order valence-corrected chi connectivity index (χ3v) is 4.56. The monoisotopic (exact) mass is 330 g/mol. The van der Waals surface area contributed by atoms with Gasteiger partial charge in [-0.25, -0.2) is 0 Å². The molecule has 20 heavy (non-hydrogen) atoms. The summed E-state index contributed by atoms with van der Waals surface area (Å²) in [6, 6.07) is 15.6. The predicted octanol–water partition coefficient (Wildman–Crippen LogP) is 5.55. The van der Waals surface area contributed by atoms with Gasteiger partial charge in [0.05, 0.1) is 0 Å². The highest BCUT2D eigenvalue weighted by molar-refractivity contribution is 9.09. The molecular weight excluding hydrogens is 308 g/mol. The van der Waals surface area contributed by atoms with Crippen LogP contribution in [0.15, 0.2) is 42.5 Å². The maximum atomic E-state index is 3.85. The van der Waals surface area contributed by atoms with E-state index in [9.17, 15) is 0 Å². The molecule has 2 aromatic carbocycles. The second kappa shape index (κ2) is 7.08. The Morgan fingerprint density at radius 3 is 2.45 bits per heavy atom. The Bertz CT molecular complexity index is 572. The molecule has 0 amide bonds. The lowest BCUT2D eigenvalue weighted by atomic mass is 9.98. The van der Waals surface area contributed by atoms with Crippen LogP contribution in [0.4, 0.5) is 0 Å². The van der Waals surface area contributed by atoms with Gasteiger partial charge in [0, 0.05) is 4.83 Å². The summed E-state index contributed by atoms with van der Waals surface area (Å²) < 4.78 is 0. The van der Waals surface area contributed by atoms with Gasteiger partial charge in [0.25, 0.3) is 0 Å². The number of alkyl halides is 1. The lowest BCUT2D eigenvalue weighted by molar-refractivity contribution is 0.760. The quantitative estimate of drug-likeness (QED) is 0.630. The zero-order valence-corrected chi connectivity index (χ0v) is 14.2. The molecule has 0 bridgehead atoms. The molecule has 0 nitrogen and oxygen atoms in total. The molecule has 106 valence electrons. The molecule has 0 radical (unpaired) electrons. The highest BCUT2D eigenvalue weighted by Crippen LogP contribution is 2.20. The van der Waals surface area contributed by atoms with Crippen molar-refractivity contribution >= 4 is 15.9 Å². The van der Waals surface area contributed by atoms with E-state index in [2.05, 4.69) is 79.2 Å². The van der Waals surface area contributed by atoms with Crippen molar-refractivity contribution in [1.29, 1.82) is 0 Å². The van der Waals surface area contributed by atoms with E-state index >= 15 is 0 Å². The molecule has 0 aliphatic carbocycles. The predicted molar refractivity (Wildman–Crippen MR) is 91.8 cm³/mol. The standard InChI is InChI=1S/C19H23Br/c1-14-5-4-6-17(11-14)9-10-19(20)13-18-12-15(2)7-8-16(18)3/h4-8,11-12,19H,9-10,13H2,1-3H3. The molecule has 1 atom stereocenters. The van der Waals surface area contributed by atoms with Crippen molar-refractivity contribution in [3.63, 3.8) is 0 Å². The Hall–Kier alpha value is -1.08. The highest BCUT2D eigenvalue weighted by atomic mass is 79.9. The summed E-state index contributed by atoms with van der Waals surface area (Å²) >= 11 is 3.85. The van der Waals surface area contributed by atoms with E-state index in [0.29, 0.717) is 4.83 Å². The molecule has 0 saturated heterocycles. The second-order valence-electron chi connectivity index (χ2n) is 5.76. The zero-order chi connectivity index (χ0) is 14.5. The zero-order valence-electron chi connectivity index (χ0n) is 12.6. The Kier molecular flexibility index (Phi) is 5.42. The van der Waals surface area contributed by atoms with Gasteiger partial charge in [-0.2, -0.15) is 0 Å². The highest BCUT2D eigenvalue weighted by Gasteiger charge is 2.08. The summed E-state index contributed by atoms with van der Waals surface area (Å²) in [4.78, 5) is 0.545. The van der Waals surface area contributed by atoms with Gasteiger partial charge in [0.1, 0.15) is 0 Å². The van der Waals surface area contributed by atoms with E-state index < -0.39 is 0 Å². The average Bonchev–Trinajstić information content (AvgIpc) is 2.41. The van der Waals surface area contributed by atoms with Crippen molar-refractivity contribution < 1.29 is 0 Å². The first-order valence-corrected chi connectivity index (χ1v) is 8.22. The van der Waals surface area contributed by atoms with Crippen LogP contribution in [0.25, 0.3) is 0 Å². The van der Waals surface area contributed by atoms with Crippen LogP contribution < -0.4 is 0 Å². The summed E-state index contributed by atoms with van der Waals surface area (Å²) in [7, 11) is 0. The van der Waals surface area contributed by atoms with Crippen LogP contribution >= 0.6 is 15.9 Å². The molecule has 0 N–H and O–H groups in total. The Morgan fingerprint density at radius 2 is 1.70 bits per heavy atom. The van der Waals surface area contributed by atoms with Crippen LogP contribution in [-0.2, 0) is 12.8 Å². The summed E-state index contributed by atoms with van der Waals surface area (Å²) in [5, 5.41) is 0. The topological polar surface area (TPSA) is 0 Å². The largest absolute Gasteiger partial charge is 0.0887 e. The van der Waals surface area contributed by atoms with Crippen molar-refractivity contribution in [3.8, 4) is 0 Å². The molecule has 2 rings (SSSR count). The van der Waals surface area contributed by atoms with Crippen LogP contribution in [0.5, 0.6) is 0 Å². The lowest BCUT2D eigenvalue weighted by Gasteiger charge is -2.13. The molecule has 0 aliphatic rings. The van der Waals surface area contributed by atoms with Crippen molar-refractivity contribution in [2.24, 2.45) is 0 Å². The first-order chi connectivity index (χ1) is 9.54. The van der Waals surface area contributed by atoms with Gasteiger partial charge in [0.15, 0.2) is 0 Å². The fourth-order valence-electron chi connectivity index (χ4n) is 2.55. The number of hydrogen-bond acceptors (Lipinski definition) is 0. The van der Waals surface area contributed by atoms with Crippen LogP contribution in [0.2, 0.25) is 0 Å². The first-order valence-electron chi connectivity index (χ1n) is 7.30. The van der Waals surface area contributed by atoms with Crippen LogP contribution in [0, 0.1) is 20.8 Å². The Morgan fingerprint density at radius 1 is 0.950 bits per heavy atom. The number of halogens is 1. The van der Waals surface area contributed by atoms with Gasteiger partial charge in [0.2, 0.25) is 0 Å². The van der Waals surface area contributed by atoms with E-state index in [0.717, 1.165) is 12.8 Å². The first kappa shape index (κ1) is 15.3. The van der Waals surface area contributed by atoms with Crippen molar-refractivity contribution in [2.45, 2.75) is 44.9 Å². The lowest BCUT2D eigenvalue weighted by Crippen LogP contribution is -2.06. The van der Waals surface area contributed by atoms with E-state index in [1.165, 1.54) is 34.2 Å². The maximum absolute atomic E-state index is 3.85. The van der Waals surface area contributed by atoms with Gasteiger partial charge in [-0.3, -0.25) is 0 Å². The van der Waals surface area contributed by atoms with Crippen LogP contribution in [0.1, 0.15) is 34.2 Å². The number of hydrogen-bond donors (Lipinski definition) is 0. The van der Waals surface area contributed by atoms with Crippen molar-refractivity contribution in [1.82, 2.24) is 0 Å². The molecule has 0 spiro atoms. The van der Waals surface area contributed by atoms with Gasteiger partial charge in [-0.05, 0) is 56.7 Å². The summed E-state index contributed by atoms with van der Waals surface area (Å²) in [6.45, 7) is 6.53. The maximum Gasteiger partial charge on any atom is 0.0189 e. The van der Waals surface area contributed by atoms with Gasteiger partial charge >= 0.3 is 0 Å². The van der Waals surface area contributed by atoms with Gasteiger partial charge in [-0.1, -0.05) is 69.5 Å².